The second kappa shape index (κ2) is 4.78. The predicted molar refractivity (Wildman–Crippen MR) is 77.4 cm³/mol. The molecule has 0 saturated heterocycles. The van der Waals surface area contributed by atoms with Gasteiger partial charge in [0.25, 0.3) is 0 Å². The zero-order chi connectivity index (χ0) is 13.3. The molecule has 0 fully saturated rings. The summed E-state index contributed by atoms with van der Waals surface area (Å²) in [6.45, 7) is 11.2. The van der Waals surface area contributed by atoms with Gasteiger partial charge in [0.1, 0.15) is 0 Å². The molecule has 3 nitrogen and oxygen atoms in total. The van der Waals surface area contributed by atoms with Crippen LogP contribution in [0.5, 0.6) is 0 Å². The SMILES string of the molecule is C=C/C(=C\N=C)c1cc(Cl)c2nc(C)c(C)n2c1. The molecule has 2 heterocycles. The van der Waals surface area contributed by atoms with Crippen LogP contribution in [0.2, 0.25) is 5.02 Å². The lowest BCUT2D eigenvalue weighted by atomic mass is 10.1. The first kappa shape index (κ1) is 12.6. The van der Waals surface area contributed by atoms with E-state index in [1.807, 2.05) is 30.5 Å². The topological polar surface area (TPSA) is 29.7 Å². The van der Waals surface area contributed by atoms with E-state index in [0.29, 0.717) is 5.02 Å². The molecular formula is C14H14ClN3. The van der Waals surface area contributed by atoms with Crippen molar-refractivity contribution in [2.75, 3.05) is 0 Å². The summed E-state index contributed by atoms with van der Waals surface area (Å²) in [5.41, 5.74) is 4.63. The Morgan fingerprint density at radius 1 is 1.50 bits per heavy atom. The second-order valence-corrected chi connectivity index (χ2v) is 4.43. The van der Waals surface area contributed by atoms with Gasteiger partial charge in [0.15, 0.2) is 5.65 Å². The van der Waals surface area contributed by atoms with E-state index in [-0.39, 0.29) is 0 Å². The van der Waals surface area contributed by atoms with Crippen molar-refractivity contribution in [1.82, 2.24) is 9.38 Å². The molecule has 4 heteroatoms. The highest BCUT2D eigenvalue weighted by molar-refractivity contribution is 6.33. The van der Waals surface area contributed by atoms with Gasteiger partial charge in [-0.05, 0) is 26.6 Å². The Kier molecular flexibility index (Phi) is 3.34. The van der Waals surface area contributed by atoms with E-state index in [0.717, 1.165) is 28.2 Å². The second-order valence-electron chi connectivity index (χ2n) is 4.02. The van der Waals surface area contributed by atoms with Gasteiger partial charge in [-0.1, -0.05) is 24.3 Å². The van der Waals surface area contributed by atoms with Crippen LogP contribution in [-0.4, -0.2) is 16.1 Å². The van der Waals surface area contributed by atoms with Gasteiger partial charge < -0.3 is 4.40 Å². The van der Waals surface area contributed by atoms with Gasteiger partial charge in [0, 0.05) is 29.2 Å². The normalized spacial score (nSPS) is 11.8. The van der Waals surface area contributed by atoms with Crippen molar-refractivity contribution in [2.24, 2.45) is 4.99 Å². The molecule has 2 rings (SSSR count). The monoisotopic (exact) mass is 259 g/mol. The van der Waals surface area contributed by atoms with Gasteiger partial charge in [0.05, 0.1) is 10.7 Å². The number of nitrogens with zero attached hydrogens (tertiary/aromatic N) is 3. The minimum Gasteiger partial charge on any atom is -0.302 e. The standard InChI is InChI=1S/C14H14ClN3/c1-5-11(7-16-4)12-6-13(15)14-17-9(2)10(3)18(14)8-12/h5-8H,1,4H2,2-3H3/b11-7+. The number of allylic oxidation sites excluding steroid dienone is 2. The Balaban J connectivity index is 2.75. The van der Waals surface area contributed by atoms with Gasteiger partial charge in [0.2, 0.25) is 0 Å². The number of aromatic nitrogens is 2. The van der Waals surface area contributed by atoms with Gasteiger partial charge in [-0.3, -0.25) is 4.99 Å². The Morgan fingerprint density at radius 2 is 2.22 bits per heavy atom. The molecule has 0 aliphatic heterocycles. The van der Waals surface area contributed by atoms with Crippen molar-refractivity contribution in [3.05, 3.63) is 53.1 Å². The average molecular weight is 260 g/mol. The van der Waals surface area contributed by atoms with Crippen LogP contribution in [-0.2, 0) is 0 Å². The fraction of sp³-hybridized carbons (Fsp3) is 0.143. The molecule has 0 atom stereocenters. The maximum Gasteiger partial charge on any atom is 0.156 e. The number of rotatable bonds is 3. The Morgan fingerprint density at radius 3 is 2.83 bits per heavy atom. The van der Waals surface area contributed by atoms with Crippen molar-refractivity contribution < 1.29 is 0 Å². The third-order valence-electron chi connectivity index (χ3n) is 2.93. The molecule has 0 amide bonds. The highest BCUT2D eigenvalue weighted by Crippen LogP contribution is 2.25. The minimum absolute atomic E-state index is 0.612. The van der Waals surface area contributed by atoms with E-state index in [2.05, 4.69) is 23.3 Å². The van der Waals surface area contributed by atoms with E-state index in [9.17, 15) is 0 Å². The number of hydrogen-bond donors (Lipinski definition) is 0. The molecule has 0 radical (unpaired) electrons. The van der Waals surface area contributed by atoms with Crippen LogP contribution in [0, 0.1) is 13.8 Å². The lowest BCUT2D eigenvalue weighted by molar-refractivity contribution is 1.09. The molecule has 0 aromatic carbocycles. The molecule has 0 bridgehead atoms. The number of imidazole rings is 1. The summed E-state index contributed by atoms with van der Waals surface area (Å²) in [5.74, 6) is 0. The van der Waals surface area contributed by atoms with Gasteiger partial charge in [-0.25, -0.2) is 4.98 Å². The van der Waals surface area contributed by atoms with Crippen LogP contribution in [0.1, 0.15) is 17.0 Å². The molecule has 0 unspecified atom stereocenters. The van der Waals surface area contributed by atoms with Crippen LogP contribution in [0.15, 0.2) is 36.1 Å². The first-order chi connectivity index (χ1) is 8.58. The summed E-state index contributed by atoms with van der Waals surface area (Å²) in [6.07, 6.45) is 5.37. The zero-order valence-electron chi connectivity index (χ0n) is 10.4. The Hall–Kier alpha value is -1.87. The van der Waals surface area contributed by atoms with Crippen LogP contribution in [0.3, 0.4) is 0 Å². The van der Waals surface area contributed by atoms with Crippen molar-refractivity contribution >= 4 is 29.5 Å². The Bertz CT molecular complexity index is 665. The summed E-state index contributed by atoms with van der Waals surface area (Å²) in [7, 11) is 0. The summed E-state index contributed by atoms with van der Waals surface area (Å²) in [5, 5.41) is 0.612. The van der Waals surface area contributed by atoms with E-state index in [1.165, 1.54) is 0 Å². The molecule has 18 heavy (non-hydrogen) atoms. The van der Waals surface area contributed by atoms with Crippen molar-refractivity contribution in [3.8, 4) is 0 Å². The quantitative estimate of drug-likeness (QED) is 0.608. The van der Waals surface area contributed by atoms with Gasteiger partial charge in [-0.15, -0.1) is 0 Å². The molecule has 0 saturated carbocycles. The molecular weight excluding hydrogens is 246 g/mol. The van der Waals surface area contributed by atoms with Crippen molar-refractivity contribution in [2.45, 2.75) is 13.8 Å². The predicted octanol–water partition coefficient (Wildman–Crippen LogP) is 3.83. The first-order valence-corrected chi connectivity index (χ1v) is 5.90. The van der Waals surface area contributed by atoms with Crippen molar-refractivity contribution in [1.29, 1.82) is 0 Å². The van der Waals surface area contributed by atoms with Gasteiger partial charge in [-0.2, -0.15) is 0 Å². The van der Waals surface area contributed by atoms with Crippen LogP contribution in [0.25, 0.3) is 11.2 Å². The molecule has 0 aliphatic rings. The minimum atomic E-state index is 0.612. The van der Waals surface area contributed by atoms with E-state index in [1.54, 1.807) is 12.3 Å². The molecule has 2 aromatic heterocycles. The van der Waals surface area contributed by atoms with Crippen LogP contribution >= 0.6 is 11.6 Å². The molecule has 2 aromatic rings. The summed E-state index contributed by atoms with van der Waals surface area (Å²) >= 11 is 6.26. The molecule has 92 valence electrons. The number of halogens is 1. The van der Waals surface area contributed by atoms with E-state index < -0.39 is 0 Å². The third-order valence-corrected chi connectivity index (χ3v) is 3.21. The van der Waals surface area contributed by atoms with E-state index in [4.69, 9.17) is 11.6 Å². The highest BCUT2D eigenvalue weighted by atomic mass is 35.5. The summed E-state index contributed by atoms with van der Waals surface area (Å²) in [4.78, 5) is 8.20. The molecule has 0 spiro atoms. The highest BCUT2D eigenvalue weighted by Gasteiger charge is 2.10. The lowest BCUT2D eigenvalue weighted by Gasteiger charge is -2.05. The number of hydrogen-bond acceptors (Lipinski definition) is 2. The molecule has 0 N–H and O–H groups in total. The van der Waals surface area contributed by atoms with Crippen molar-refractivity contribution in [3.63, 3.8) is 0 Å². The third kappa shape index (κ3) is 1.97. The lowest BCUT2D eigenvalue weighted by Crippen LogP contribution is -1.92. The summed E-state index contributed by atoms with van der Waals surface area (Å²) in [6, 6.07) is 1.86. The zero-order valence-corrected chi connectivity index (χ0v) is 11.2. The van der Waals surface area contributed by atoms with Gasteiger partial charge >= 0.3 is 0 Å². The maximum absolute atomic E-state index is 6.26. The number of aryl methyl sites for hydroxylation is 2. The average Bonchev–Trinajstić information content (AvgIpc) is 2.64. The molecule has 0 aliphatic carbocycles. The van der Waals surface area contributed by atoms with Crippen LogP contribution in [0.4, 0.5) is 0 Å². The number of aliphatic imine (C=N–C) groups is 1. The largest absolute Gasteiger partial charge is 0.302 e. The first-order valence-electron chi connectivity index (χ1n) is 5.52. The fourth-order valence-corrected chi connectivity index (χ4v) is 2.08. The summed E-state index contributed by atoms with van der Waals surface area (Å²) < 4.78 is 1.98. The maximum atomic E-state index is 6.26. The fourth-order valence-electron chi connectivity index (χ4n) is 1.83. The Labute approximate surface area is 111 Å². The number of fused-ring (bicyclic) bond motifs is 1. The smallest absolute Gasteiger partial charge is 0.156 e. The van der Waals surface area contributed by atoms with E-state index >= 15 is 0 Å². The number of pyridine rings is 1. The van der Waals surface area contributed by atoms with Crippen LogP contribution < -0.4 is 0 Å².